The van der Waals surface area contributed by atoms with Gasteiger partial charge in [-0.15, -0.1) is 0 Å². The van der Waals surface area contributed by atoms with E-state index in [-0.39, 0.29) is 64.9 Å². The first-order valence-electron chi connectivity index (χ1n) is 6.09. The quantitative estimate of drug-likeness (QED) is 0.247. The van der Waals surface area contributed by atoms with Gasteiger partial charge in [0.05, 0.1) is 19.3 Å². The third-order valence-corrected chi connectivity index (χ3v) is 3.49. The summed E-state index contributed by atoms with van der Waals surface area (Å²) in [5, 5.41) is 27.9. The minimum absolute atomic E-state index is 0. The van der Waals surface area contributed by atoms with Crippen LogP contribution in [0.2, 0.25) is 0 Å². The Morgan fingerprint density at radius 3 is 2.33 bits per heavy atom. The van der Waals surface area contributed by atoms with Crippen molar-refractivity contribution in [3.8, 4) is 0 Å². The van der Waals surface area contributed by atoms with Gasteiger partial charge in [0.2, 0.25) is 0 Å². The van der Waals surface area contributed by atoms with Crippen LogP contribution in [0.15, 0.2) is 17.1 Å². The molecule has 1 aromatic heterocycles. The molecule has 1 aromatic rings. The van der Waals surface area contributed by atoms with Crippen LogP contribution in [0.4, 0.5) is 5.82 Å². The summed E-state index contributed by atoms with van der Waals surface area (Å²) >= 11 is 0. The van der Waals surface area contributed by atoms with Crippen molar-refractivity contribution >= 4 is 13.4 Å². The molecule has 0 radical (unpaired) electrons. The van der Waals surface area contributed by atoms with Crippen molar-refractivity contribution in [2.24, 2.45) is 0 Å². The summed E-state index contributed by atoms with van der Waals surface area (Å²) in [6.45, 7) is -1.57. The maximum absolute atomic E-state index is 11.6. The molecule has 0 bridgehead atoms. The molecular formula is C10H16N3Na2O8P. The Hall–Kier alpha value is 0.670. The van der Waals surface area contributed by atoms with Crippen molar-refractivity contribution in [2.45, 2.75) is 18.4 Å². The van der Waals surface area contributed by atoms with Crippen LogP contribution in [-0.4, -0.2) is 56.5 Å². The fraction of sp³-hybridized carbons (Fsp3) is 0.600. The molecule has 1 rings (SSSR count). The van der Waals surface area contributed by atoms with Gasteiger partial charge in [0.15, 0.2) is 6.23 Å². The van der Waals surface area contributed by atoms with E-state index in [0.29, 0.717) is 0 Å². The second-order valence-electron chi connectivity index (χ2n) is 4.40. The summed E-state index contributed by atoms with van der Waals surface area (Å²) in [4.78, 5) is 36.3. The number of nitrogen functional groups attached to an aromatic ring is 1. The molecule has 3 atom stereocenters. The maximum Gasteiger partial charge on any atom is 1.00 e. The normalized spacial score (nSPS) is 14.9. The Balaban J connectivity index is 0. The molecule has 0 saturated heterocycles. The van der Waals surface area contributed by atoms with E-state index in [0.717, 1.165) is 4.57 Å². The molecule has 0 saturated carbocycles. The predicted molar refractivity (Wildman–Crippen MR) is 69.5 cm³/mol. The molecule has 0 aliphatic rings. The number of rotatable bonds is 8. The van der Waals surface area contributed by atoms with Crippen LogP contribution >= 0.6 is 7.60 Å². The topological polar surface area (TPSA) is 194 Å². The van der Waals surface area contributed by atoms with Gasteiger partial charge in [0, 0.05) is 12.4 Å². The van der Waals surface area contributed by atoms with Crippen LogP contribution in [0.1, 0.15) is 6.23 Å². The number of aliphatic hydroxyl groups is 3. The zero-order chi connectivity index (χ0) is 16.9. The van der Waals surface area contributed by atoms with Crippen LogP contribution in [0.25, 0.3) is 0 Å². The van der Waals surface area contributed by atoms with Crippen LogP contribution < -0.4 is 80.3 Å². The molecule has 0 aliphatic carbocycles. The second kappa shape index (κ2) is 12.1. The molecule has 5 N–H and O–H groups in total. The van der Waals surface area contributed by atoms with E-state index in [1.54, 1.807) is 0 Å². The summed E-state index contributed by atoms with van der Waals surface area (Å²) in [6.07, 6.45) is -4.68. The average molecular weight is 383 g/mol. The molecule has 0 fully saturated rings. The van der Waals surface area contributed by atoms with Gasteiger partial charge in [-0.1, -0.05) is 7.60 Å². The minimum Gasteiger partial charge on any atom is -0.811 e. The van der Waals surface area contributed by atoms with Crippen molar-refractivity contribution in [1.82, 2.24) is 9.55 Å². The summed E-state index contributed by atoms with van der Waals surface area (Å²) in [7, 11) is -5.03. The fourth-order valence-corrected chi connectivity index (χ4v) is 2.34. The number of ether oxygens (including phenoxy) is 1. The van der Waals surface area contributed by atoms with E-state index < -0.39 is 51.1 Å². The van der Waals surface area contributed by atoms with E-state index in [1.807, 2.05) is 0 Å². The minimum atomic E-state index is -5.03. The van der Waals surface area contributed by atoms with Crippen molar-refractivity contribution in [3.63, 3.8) is 0 Å². The molecule has 0 amide bonds. The number of anilines is 1. The Kier molecular flexibility index (Phi) is 13.6. The Bertz CT molecular complexity index is 598. The van der Waals surface area contributed by atoms with Crippen LogP contribution in [-0.2, 0) is 9.30 Å². The SMILES string of the molecule is Nc1ccn([C@@H](CO)O[C@@H](CO)[C@H](O)CP(=O)([O-])[O-])c(=O)n1.[Na+].[Na+]. The smallest absolute Gasteiger partial charge is 0.811 e. The summed E-state index contributed by atoms with van der Waals surface area (Å²) in [5.74, 6) is -0.0599. The van der Waals surface area contributed by atoms with Gasteiger partial charge in [0.1, 0.15) is 11.9 Å². The molecule has 0 unspecified atom stereocenters. The van der Waals surface area contributed by atoms with Gasteiger partial charge < -0.3 is 40.1 Å². The molecule has 126 valence electrons. The van der Waals surface area contributed by atoms with Crippen LogP contribution in [0, 0.1) is 0 Å². The Labute approximate surface area is 181 Å². The monoisotopic (exact) mass is 383 g/mol. The maximum atomic E-state index is 11.6. The number of nitrogens with two attached hydrogens (primary N) is 1. The number of nitrogens with zero attached hydrogens (tertiary/aromatic N) is 2. The molecule has 14 heteroatoms. The van der Waals surface area contributed by atoms with E-state index in [9.17, 15) is 29.4 Å². The number of aromatic nitrogens is 2. The molecule has 0 aromatic carbocycles. The first-order valence-corrected chi connectivity index (χ1v) is 7.81. The first-order chi connectivity index (χ1) is 10.2. The third kappa shape index (κ3) is 8.86. The number of hydrogen-bond acceptors (Lipinski definition) is 10. The average Bonchev–Trinajstić information content (AvgIpc) is 2.39. The van der Waals surface area contributed by atoms with E-state index in [2.05, 4.69) is 4.98 Å². The number of aliphatic hydroxyl groups excluding tert-OH is 3. The summed E-state index contributed by atoms with van der Waals surface area (Å²) in [5.41, 5.74) is 4.45. The van der Waals surface area contributed by atoms with E-state index in [4.69, 9.17) is 15.6 Å². The van der Waals surface area contributed by atoms with Crippen LogP contribution in [0.3, 0.4) is 0 Å². The van der Waals surface area contributed by atoms with Gasteiger partial charge >= 0.3 is 64.8 Å². The molecule has 0 spiro atoms. The summed E-state index contributed by atoms with van der Waals surface area (Å²) in [6, 6.07) is 1.25. The van der Waals surface area contributed by atoms with E-state index >= 15 is 0 Å². The van der Waals surface area contributed by atoms with Gasteiger partial charge in [-0.05, 0) is 6.07 Å². The van der Waals surface area contributed by atoms with Gasteiger partial charge in [-0.2, -0.15) is 4.98 Å². The zero-order valence-electron chi connectivity index (χ0n) is 13.3. The standard InChI is InChI=1S/C10H18N3O8P.2Na/c11-8-1-2-13(10(17)12-8)9(4-15)21-7(3-14)6(16)5-22(18,19)20;;/h1-2,6-7,9,14-16H,3-5H2,(H2,11,12,17)(H2,18,19,20);;/q;2*+1/p-2/t6-,7+,9-;;/m1../s1. The fourth-order valence-electron chi connectivity index (χ4n) is 1.65. The summed E-state index contributed by atoms with van der Waals surface area (Å²) < 4.78 is 16.6. The van der Waals surface area contributed by atoms with Crippen molar-refractivity contribution < 1.29 is 93.5 Å². The van der Waals surface area contributed by atoms with Gasteiger partial charge in [-0.3, -0.25) is 4.57 Å². The van der Waals surface area contributed by atoms with Crippen molar-refractivity contribution in [3.05, 3.63) is 22.7 Å². The molecule has 11 nitrogen and oxygen atoms in total. The predicted octanol–water partition coefficient (Wildman–Crippen LogP) is -10.0. The van der Waals surface area contributed by atoms with Crippen molar-refractivity contribution in [2.75, 3.05) is 25.1 Å². The second-order valence-corrected chi connectivity index (χ2v) is 5.98. The number of hydrogen-bond donors (Lipinski definition) is 4. The van der Waals surface area contributed by atoms with Crippen molar-refractivity contribution in [1.29, 1.82) is 0 Å². The van der Waals surface area contributed by atoms with Gasteiger partial charge in [0.25, 0.3) is 0 Å². The Morgan fingerprint density at radius 1 is 1.33 bits per heavy atom. The molecule has 0 aliphatic heterocycles. The van der Waals surface area contributed by atoms with Gasteiger partial charge in [-0.25, -0.2) is 4.79 Å². The molecule has 24 heavy (non-hydrogen) atoms. The molecular weight excluding hydrogens is 367 g/mol. The third-order valence-electron chi connectivity index (χ3n) is 2.67. The van der Waals surface area contributed by atoms with E-state index in [1.165, 1.54) is 12.3 Å². The Morgan fingerprint density at radius 2 is 1.92 bits per heavy atom. The first kappa shape index (κ1) is 26.9. The zero-order valence-corrected chi connectivity index (χ0v) is 18.2. The molecule has 1 heterocycles. The van der Waals surface area contributed by atoms with Crippen LogP contribution in [0.5, 0.6) is 0 Å². The largest absolute Gasteiger partial charge is 1.00 e.